The van der Waals surface area contributed by atoms with Crippen LogP contribution in [0.1, 0.15) is 34.0 Å². The number of thiazole rings is 1. The summed E-state index contributed by atoms with van der Waals surface area (Å²) in [6.07, 6.45) is 1.87. The first kappa shape index (κ1) is 12.6. The van der Waals surface area contributed by atoms with E-state index in [0.717, 1.165) is 16.3 Å². The molecule has 92 valence electrons. The van der Waals surface area contributed by atoms with Gasteiger partial charge in [-0.15, -0.1) is 11.3 Å². The van der Waals surface area contributed by atoms with E-state index in [1.807, 2.05) is 38.2 Å². The number of nitriles is 1. The summed E-state index contributed by atoms with van der Waals surface area (Å²) in [4.78, 5) is 5.56. The molecule has 0 aliphatic heterocycles. The summed E-state index contributed by atoms with van der Waals surface area (Å²) in [5.41, 5.74) is 2.63. The molecule has 1 aromatic heterocycles. The molecule has 0 saturated heterocycles. The van der Waals surface area contributed by atoms with Gasteiger partial charge in [0.1, 0.15) is 11.1 Å². The fourth-order valence-corrected chi connectivity index (χ4v) is 2.52. The number of anilines is 1. The lowest BCUT2D eigenvalue weighted by molar-refractivity contribution is 0.869. The lowest BCUT2D eigenvalue weighted by atomic mass is 10.1. The molecule has 2 aromatic rings. The van der Waals surface area contributed by atoms with Gasteiger partial charge in [-0.3, -0.25) is 0 Å². The number of hydrogen-bond donors (Lipinski definition) is 1. The molecule has 0 saturated carbocycles. The molecule has 1 atom stereocenters. The van der Waals surface area contributed by atoms with Crippen LogP contribution in [0, 0.1) is 25.2 Å². The Balaban J connectivity index is 2.22. The van der Waals surface area contributed by atoms with Crippen LogP contribution in [0.5, 0.6) is 0 Å². The number of nitrogens with zero attached hydrogens (tertiary/aromatic N) is 2. The molecule has 0 fully saturated rings. The first-order valence-electron chi connectivity index (χ1n) is 5.80. The number of aromatic nitrogens is 1. The normalized spacial score (nSPS) is 11.9. The molecule has 0 bridgehead atoms. The largest absolute Gasteiger partial charge is 0.375 e. The molecule has 1 unspecified atom stereocenters. The highest BCUT2D eigenvalue weighted by molar-refractivity contribution is 7.11. The van der Waals surface area contributed by atoms with Gasteiger partial charge in [0.05, 0.1) is 17.3 Å². The van der Waals surface area contributed by atoms with E-state index >= 15 is 0 Å². The van der Waals surface area contributed by atoms with Crippen molar-refractivity contribution < 1.29 is 0 Å². The third-order valence-corrected chi connectivity index (χ3v) is 3.77. The van der Waals surface area contributed by atoms with Gasteiger partial charge >= 0.3 is 0 Å². The van der Waals surface area contributed by atoms with Crippen molar-refractivity contribution in [2.45, 2.75) is 26.8 Å². The Bertz CT molecular complexity index is 595. The molecule has 1 N–H and O–H groups in total. The van der Waals surface area contributed by atoms with Gasteiger partial charge in [-0.25, -0.2) is 4.98 Å². The number of nitrogens with one attached hydrogen (secondary N) is 1. The molecule has 18 heavy (non-hydrogen) atoms. The maximum Gasteiger partial charge on any atom is 0.115 e. The molecule has 0 aliphatic rings. The second-order valence-electron chi connectivity index (χ2n) is 4.34. The molecular weight excluding hydrogens is 242 g/mol. The molecule has 3 nitrogen and oxygen atoms in total. The predicted molar refractivity (Wildman–Crippen MR) is 74.8 cm³/mol. The average molecular weight is 257 g/mol. The Morgan fingerprint density at radius 2 is 2.17 bits per heavy atom. The summed E-state index contributed by atoms with van der Waals surface area (Å²) in [6, 6.07) is 8.17. The van der Waals surface area contributed by atoms with E-state index in [-0.39, 0.29) is 6.04 Å². The average Bonchev–Trinajstić information content (AvgIpc) is 2.78. The zero-order valence-corrected chi connectivity index (χ0v) is 11.5. The van der Waals surface area contributed by atoms with E-state index in [4.69, 9.17) is 5.26 Å². The summed E-state index contributed by atoms with van der Waals surface area (Å²) < 4.78 is 0. The predicted octanol–water partition coefficient (Wildman–Crippen LogP) is 3.80. The smallest absolute Gasteiger partial charge is 0.115 e. The van der Waals surface area contributed by atoms with Crippen LogP contribution >= 0.6 is 11.3 Å². The first-order valence-corrected chi connectivity index (χ1v) is 6.61. The summed E-state index contributed by atoms with van der Waals surface area (Å²) in [7, 11) is 0. The third kappa shape index (κ3) is 2.69. The molecule has 4 heteroatoms. The van der Waals surface area contributed by atoms with Gasteiger partial charge in [0.2, 0.25) is 0 Å². The molecule has 0 aliphatic carbocycles. The van der Waals surface area contributed by atoms with Gasteiger partial charge in [0.15, 0.2) is 0 Å². The minimum Gasteiger partial charge on any atom is -0.375 e. The van der Waals surface area contributed by atoms with Crippen LogP contribution < -0.4 is 5.32 Å². The van der Waals surface area contributed by atoms with E-state index in [2.05, 4.69) is 23.3 Å². The van der Waals surface area contributed by atoms with Gasteiger partial charge in [-0.2, -0.15) is 5.26 Å². The van der Waals surface area contributed by atoms with E-state index in [0.29, 0.717) is 5.56 Å². The standard InChI is InChI=1S/C14H15N3S/c1-9-4-5-13(12(6-9)7-15)17-11(3)14-16-8-10(2)18-14/h4-6,8,11,17H,1-3H3. The molecule has 1 heterocycles. The van der Waals surface area contributed by atoms with Crippen molar-refractivity contribution in [2.24, 2.45) is 0 Å². The lowest BCUT2D eigenvalue weighted by Gasteiger charge is -2.14. The van der Waals surface area contributed by atoms with Gasteiger partial charge in [-0.1, -0.05) is 6.07 Å². The van der Waals surface area contributed by atoms with E-state index in [1.54, 1.807) is 11.3 Å². The highest BCUT2D eigenvalue weighted by atomic mass is 32.1. The van der Waals surface area contributed by atoms with E-state index < -0.39 is 0 Å². The molecule has 0 spiro atoms. The minimum atomic E-state index is 0.110. The molecule has 1 aromatic carbocycles. The zero-order chi connectivity index (χ0) is 13.1. The van der Waals surface area contributed by atoms with Crippen LogP contribution in [0.4, 0.5) is 5.69 Å². The Morgan fingerprint density at radius 3 is 2.78 bits per heavy atom. The fourth-order valence-electron chi connectivity index (χ4n) is 1.74. The van der Waals surface area contributed by atoms with Crippen molar-refractivity contribution in [1.29, 1.82) is 5.26 Å². The highest BCUT2D eigenvalue weighted by Gasteiger charge is 2.11. The van der Waals surface area contributed by atoms with E-state index in [1.165, 1.54) is 4.88 Å². The third-order valence-electron chi connectivity index (χ3n) is 2.68. The Labute approximate surface area is 111 Å². The van der Waals surface area contributed by atoms with Crippen molar-refractivity contribution in [3.8, 4) is 6.07 Å². The van der Waals surface area contributed by atoms with Crippen molar-refractivity contribution in [3.05, 3.63) is 45.4 Å². The summed E-state index contributed by atoms with van der Waals surface area (Å²) in [5, 5.41) is 13.5. The number of hydrogen-bond acceptors (Lipinski definition) is 4. The topological polar surface area (TPSA) is 48.7 Å². The van der Waals surface area contributed by atoms with Crippen LogP contribution in [-0.2, 0) is 0 Å². The molecular formula is C14H15N3S. The van der Waals surface area contributed by atoms with Crippen LogP contribution in [0.3, 0.4) is 0 Å². The number of rotatable bonds is 3. The SMILES string of the molecule is Cc1ccc(NC(C)c2ncc(C)s2)c(C#N)c1. The Kier molecular flexibility index (Phi) is 3.63. The maximum absolute atomic E-state index is 9.13. The Morgan fingerprint density at radius 1 is 1.39 bits per heavy atom. The van der Waals surface area contributed by atoms with Gasteiger partial charge < -0.3 is 5.32 Å². The summed E-state index contributed by atoms with van der Waals surface area (Å²) >= 11 is 1.68. The number of aryl methyl sites for hydroxylation is 2. The fraction of sp³-hybridized carbons (Fsp3) is 0.286. The quantitative estimate of drug-likeness (QED) is 0.909. The number of benzene rings is 1. The van der Waals surface area contributed by atoms with Gasteiger partial charge in [0, 0.05) is 11.1 Å². The summed E-state index contributed by atoms with van der Waals surface area (Å²) in [6.45, 7) is 6.08. The second-order valence-corrected chi connectivity index (χ2v) is 5.60. The Hall–Kier alpha value is -1.86. The minimum absolute atomic E-state index is 0.110. The van der Waals surface area contributed by atoms with Crippen molar-refractivity contribution in [3.63, 3.8) is 0 Å². The molecule has 0 radical (unpaired) electrons. The summed E-state index contributed by atoms with van der Waals surface area (Å²) in [5.74, 6) is 0. The zero-order valence-electron chi connectivity index (χ0n) is 10.7. The second kappa shape index (κ2) is 5.19. The van der Waals surface area contributed by atoms with Crippen LogP contribution in [0.2, 0.25) is 0 Å². The first-order chi connectivity index (χ1) is 8.60. The van der Waals surface area contributed by atoms with Crippen LogP contribution in [0.15, 0.2) is 24.4 Å². The van der Waals surface area contributed by atoms with Crippen molar-refractivity contribution in [2.75, 3.05) is 5.32 Å². The molecule has 0 amide bonds. The van der Waals surface area contributed by atoms with Crippen molar-refractivity contribution in [1.82, 2.24) is 4.98 Å². The van der Waals surface area contributed by atoms with Gasteiger partial charge in [-0.05, 0) is 38.5 Å². The highest BCUT2D eigenvalue weighted by Crippen LogP contribution is 2.25. The monoisotopic (exact) mass is 257 g/mol. The van der Waals surface area contributed by atoms with Crippen LogP contribution in [0.25, 0.3) is 0 Å². The lowest BCUT2D eigenvalue weighted by Crippen LogP contribution is -2.07. The van der Waals surface area contributed by atoms with Crippen molar-refractivity contribution >= 4 is 17.0 Å². The van der Waals surface area contributed by atoms with Gasteiger partial charge in [0.25, 0.3) is 0 Å². The molecule has 2 rings (SSSR count). The van der Waals surface area contributed by atoms with Crippen LogP contribution in [-0.4, -0.2) is 4.98 Å². The maximum atomic E-state index is 9.13. The van der Waals surface area contributed by atoms with E-state index in [9.17, 15) is 0 Å².